The predicted octanol–water partition coefficient (Wildman–Crippen LogP) is 4.58. The van der Waals surface area contributed by atoms with Crippen molar-refractivity contribution in [3.8, 4) is 0 Å². The Bertz CT molecular complexity index is 1320. The molecule has 4 aromatic rings. The van der Waals surface area contributed by atoms with Crippen LogP contribution >= 0.6 is 11.6 Å². The summed E-state index contributed by atoms with van der Waals surface area (Å²) in [5.74, 6) is 0.563. The van der Waals surface area contributed by atoms with Gasteiger partial charge in [-0.1, -0.05) is 48.0 Å². The molecule has 2 heterocycles. The van der Waals surface area contributed by atoms with Gasteiger partial charge in [-0.2, -0.15) is 0 Å². The summed E-state index contributed by atoms with van der Waals surface area (Å²) < 4.78 is 0. The van der Waals surface area contributed by atoms with E-state index in [9.17, 15) is 4.79 Å². The monoisotopic (exact) mass is 486 g/mol. The second-order valence-corrected chi connectivity index (χ2v) is 8.85. The topological polar surface area (TPSA) is 73.4 Å². The molecule has 3 aromatic carbocycles. The number of aromatic nitrogens is 2. The van der Waals surface area contributed by atoms with Crippen molar-refractivity contribution in [1.29, 1.82) is 0 Å². The molecule has 0 unspecified atom stereocenters. The molecule has 1 amide bonds. The first-order valence-corrected chi connectivity index (χ1v) is 12.1. The first-order chi connectivity index (χ1) is 17.2. The summed E-state index contributed by atoms with van der Waals surface area (Å²) in [5.41, 5.74) is 3.23. The van der Waals surface area contributed by atoms with Crippen molar-refractivity contribution in [2.45, 2.75) is 0 Å². The van der Waals surface area contributed by atoms with E-state index in [2.05, 4.69) is 36.5 Å². The number of nitrogens with zero attached hydrogens (tertiary/aromatic N) is 4. The van der Waals surface area contributed by atoms with Crippen LogP contribution in [0.2, 0.25) is 5.02 Å². The van der Waals surface area contributed by atoms with Crippen LogP contribution in [-0.2, 0) is 0 Å². The summed E-state index contributed by atoms with van der Waals surface area (Å²) in [6, 6.07) is 23.2. The van der Waals surface area contributed by atoms with Gasteiger partial charge < -0.3 is 15.5 Å². The Balaban J connectivity index is 1.17. The number of piperazine rings is 1. The number of nitrogens with one attached hydrogen (secondary N) is 2. The van der Waals surface area contributed by atoms with Crippen molar-refractivity contribution in [2.24, 2.45) is 0 Å². The highest BCUT2D eigenvalue weighted by Crippen LogP contribution is 2.26. The number of anilines is 3. The van der Waals surface area contributed by atoms with Crippen molar-refractivity contribution in [3.63, 3.8) is 0 Å². The van der Waals surface area contributed by atoms with Gasteiger partial charge in [0.25, 0.3) is 5.91 Å². The van der Waals surface area contributed by atoms with Crippen LogP contribution in [0.1, 0.15) is 10.4 Å². The molecule has 0 spiro atoms. The maximum atomic E-state index is 13.0. The maximum absolute atomic E-state index is 13.0. The molecule has 2 N–H and O–H groups in total. The maximum Gasteiger partial charge on any atom is 0.253 e. The molecule has 5 rings (SSSR count). The SMILES string of the molecule is O=C(NCCN1CCN(c2ccccc2Cl)CC1)c1ccccc1Nc1ncnc2ccccc12. The van der Waals surface area contributed by atoms with Crippen LogP contribution in [0, 0.1) is 0 Å². The van der Waals surface area contributed by atoms with Crippen LogP contribution in [-0.4, -0.2) is 60.0 Å². The van der Waals surface area contributed by atoms with E-state index in [0.29, 0.717) is 23.6 Å². The van der Waals surface area contributed by atoms with Crippen LogP contribution in [0.4, 0.5) is 17.2 Å². The number of benzene rings is 3. The molecule has 1 aliphatic heterocycles. The molecule has 178 valence electrons. The quantitative estimate of drug-likeness (QED) is 0.398. The van der Waals surface area contributed by atoms with Gasteiger partial charge in [0.2, 0.25) is 0 Å². The molecule has 1 saturated heterocycles. The second kappa shape index (κ2) is 10.7. The third kappa shape index (κ3) is 5.37. The number of hydrogen-bond acceptors (Lipinski definition) is 6. The van der Waals surface area contributed by atoms with E-state index >= 15 is 0 Å². The molecule has 0 aliphatic carbocycles. The normalized spacial score (nSPS) is 14.1. The molecule has 0 radical (unpaired) electrons. The zero-order valence-corrected chi connectivity index (χ0v) is 20.1. The highest BCUT2D eigenvalue weighted by molar-refractivity contribution is 6.33. The summed E-state index contributed by atoms with van der Waals surface area (Å²) in [6.45, 7) is 5.07. The molecule has 0 bridgehead atoms. The van der Waals surface area contributed by atoms with Crippen molar-refractivity contribution < 1.29 is 4.79 Å². The fourth-order valence-electron chi connectivity index (χ4n) is 4.37. The van der Waals surface area contributed by atoms with Gasteiger partial charge in [0, 0.05) is 44.7 Å². The number of halogens is 1. The summed E-state index contributed by atoms with van der Waals surface area (Å²) >= 11 is 6.35. The minimum absolute atomic E-state index is 0.110. The molecule has 35 heavy (non-hydrogen) atoms. The van der Waals surface area contributed by atoms with Crippen LogP contribution in [0.25, 0.3) is 10.9 Å². The number of para-hydroxylation sites is 3. The Hall–Kier alpha value is -3.68. The first kappa shape index (κ1) is 23.1. The standard InChI is InChI=1S/C27H27ClN6O/c28-22-9-3-6-12-25(22)34-17-15-33(16-18-34)14-13-29-27(35)21-8-2-5-11-24(21)32-26-20-7-1-4-10-23(20)30-19-31-26/h1-12,19H,13-18H2,(H,29,35)(H,30,31,32). The lowest BCUT2D eigenvalue weighted by Gasteiger charge is -2.36. The average Bonchev–Trinajstić information content (AvgIpc) is 2.90. The molecule has 0 saturated carbocycles. The van der Waals surface area contributed by atoms with Crippen LogP contribution in [0.15, 0.2) is 79.1 Å². The second-order valence-electron chi connectivity index (χ2n) is 8.45. The number of rotatable bonds is 7. The number of amides is 1. The van der Waals surface area contributed by atoms with Crippen molar-refractivity contribution >= 4 is 45.6 Å². The fourth-order valence-corrected chi connectivity index (χ4v) is 4.62. The lowest BCUT2D eigenvalue weighted by Crippen LogP contribution is -2.48. The summed E-state index contributed by atoms with van der Waals surface area (Å²) in [6.07, 6.45) is 1.53. The lowest BCUT2D eigenvalue weighted by molar-refractivity contribution is 0.0948. The van der Waals surface area contributed by atoms with E-state index in [4.69, 9.17) is 11.6 Å². The summed E-state index contributed by atoms with van der Waals surface area (Å²) in [4.78, 5) is 26.4. The van der Waals surface area contributed by atoms with E-state index < -0.39 is 0 Å². The Morgan fingerprint density at radius 3 is 2.49 bits per heavy atom. The van der Waals surface area contributed by atoms with E-state index in [1.807, 2.05) is 66.7 Å². The van der Waals surface area contributed by atoms with Gasteiger partial charge in [-0.05, 0) is 36.4 Å². The number of carbonyl (C=O) groups is 1. The Morgan fingerprint density at radius 1 is 0.886 bits per heavy atom. The lowest BCUT2D eigenvalue weighted by atomic mass is 10.1. The third-order valence-corrected chi connectivity index (χ3v) is 6.57. The highest BCUT2D eigenvalue weighted by Gasteiger charge is 2.19. The van der Waals surface area contributed by atoms with Crippen molar-refractivity contribution in [1.82, 2.24) is 20.2 Å². The zero-order valence-electron chi connectivity index (χ0n) is 19.3. The van der Waals surface area contributed by atoms with Gasteiger partial charge in [0.1, 0.15) is 12.1 Å². The van der Waals surface area contributed by atoms with Crippen LogP contribution in [0.5, 0.6) is 0 Å². The average molecular weight is 487 g/mol. The number of hydrogen-bond donors (Lipinski definition) is 2. The van der Waals surface area contributed by atoms with Crippen LogP contribution in [0.3, 0.4) is 0 Å². The van der Waals surface area contributed by atoms with Crippen molar-refractivity contribution in [3.05, 3.63) is 89.7 Å². The Kier molecular flexibility index (Phi) is 7.07. The van der Waals surface area contributed by atoms with Gasteiger partial charge in [0.15, 0.2) is 0 Å². The molecule has 0 atom stereocenters. The molecular weight excluding hydrogens is 460 g/mol. The van der Waals surface area contributed by atoms with Gasteiger partial charge in [-0.3, -0.25) is 9.69 Å². The van der Waals surface area contributed by atoms with E-state index in [-0.39, 0.29) is 5.91 Å². The molecule has 7 nitrogen and oxygen atoms in total. The minimum Gasteiger partial charge on any atom is -0.368 e. The Labute approximate surface area is 209 Å². The van der Waals surface area contributed by atoms with Gasteiger partial charge >= 0.3 is 0 Å². The number of carbonyl (C=O) groups excluding carboxylic acids is 1. The van der Waals surface area contributed by atoms with Gasteiger partial charge in [-0.15, -0.1) is 0 Å². The molecule has 1 aromatic heterocycles. The fraction of sp³-hybridized carbons (Fsp3) is 0.222. The largest absolute Gasteiger partial charge is 0.368 e. The van der Waals surface area contributed by atoms with E-state index in [1.54, 1.807) is 0 Å². The molecule has 8 heteroatoms. The van der Waals surface area contributed by atoms with Crippen molar-refractivity contribution in [2.75, 3.05) is 49.5 Å². The Morgan fingerprint density at radius 2 is 1.63 bits per heavy atom. The third-order valence-electron chi connectivity index (χ3n) is 6.25. The smallest absolute Gasteiger partial charge is 0.253 e. The van der Waals surface area contributed by atoms with E-state index in [0.717, 1.165) is 54.3 Å². The first-order valence-electron chi connectivity index (χ1n) is 11.7. The highest BCUT2D eigenvalue weighted by atomic mass is 35.5. The minimum atomic E-state index is -0.110. The molecule has 1 fully saturated rings. The molecule has 1 aliphatic rings. The molecular formula is C27H27ClN6O. The predicted molar refractivity (Wildman–Crippen MR) is 142 cm³/mol. The summed E-state index contributed by atoms with van der Waals surface area (Å²) in [5, 5.41) is 8.09. The number of fused-ring (bicyclic) bond motifs is 1. The summed E-state index contributed by atoms with van der Waals surface area (Å²) in [7, 11) is 0. The zero-order chi connectivity index (χ0) is 24.0. The van der Waals surface area contributed by atoms with Crippen LogP contribution < -0.4 is 15.5 Å². The van der Waals surface area contributed by atoms with Gasteiger partial charge in [-0.25, -0.2) is 9.97 Å². The van der Waals surface area contributed by atoms with Gasteiger partial charge in [0.05, 0.1) is 27.5 Å². The van der Waals surface area contributed by atoms with E-state index in [1.165, 1.54) is 6.33 Å².